The highest BCUT2D eigenvalue weighted by Crippen LogP contribution is 2.23. The number of ketones is 1. The van der Waals surface area contributed by atoms with Crippen molar-refractivity contribution >= 4 is 17.7 Å². The number of esters is 1. The van der Waals surface area contributed by atoms with E-state index in [0.717, 1.165) is 0 Å². The lowest BCUT2D eigenvalue weighted by Gasteiger charge is -2.18. The molecule has 0 bridgehead atoms. The number of rotatable bonds is 8. The van der Waals surface area contributed by atoms with Crippen molar-refractivity contribution in [2.24, 2.45) is 0 Å². The van der Waals surface area contributed by atoms with Gasteiger partial charge in [0.15, 0.2) is 6.10 Å². The molecule has 0 aromatic heterocycles. The second-order valence-electron chi connectivity index (χ2n) is 6.39. The number of Topliss-reactive ketones (excluding diaryl/α,β-unsaturated/α-hetero) is 1. The first kappa shape index (κ1) is 20.8. The van der Waals surface area contributed by atoms with E-state index in [1.165, 1.54) is 7.11 Å². The second-order valence-corrected chi connectivity index (χ2v) is 6.39. The van der Waals surface area contributed by atoms with E-state index < -0.39 is 18.0 Å². The third-order valence-corrected chi connectivity index (χ3v) is 4.39. The van der Waals surface area contributed by atoms with Crippen LogP contribution in [0.15, 0.2) is 84.9 Å². The molecule has 1 atom stereocenters. The Hall–Kier alpha value is -3.93. The predicted octanol–water partition coefficient (Wildman–Crippen LogP) is 3.59. The third-order valence-electron chi connectivity index (χ3n) is 4.39. The minimum atomic E-state index is -1.11. The van der Waals surface area contributed by atoms with Crippen molar-refractivity contribution in [3.8, 4) is 5.75 Å². The average molecular weight is 403 g/mol. The highest BCUT2D eigenvalue weighted by atomic mass is 16.5. The van der Waals surface area contributed by atoms with E-state index in [-0.39, 0.29) is 12.3 Å². The molecule has 1 amide bonds. The molecule has 0 saturated heterocycles. The van der Waals surface area contributed by atoms with Gasteiger partial charge in [-0.05, 0) is 12.1 Å². The Bertz CT molecular complexity index is 1020. The molecule has 152 valence electrons. The van der Waals surface area contributed by atoms with Crippen LogP contribution >= 0.6 is 0 Å². The van der Waals surface area contributed by atoms with Gasteiger partial charge in [0.25, 0.3) is 5.91 Å². The van der Waals surface area contributed by atoms with Crippen molar-refractivity contribution in [1.82, 2.24) is 5.32 Å². The molecular weight excluding hydrogens is 382 g/mol. The fraction of sp³-hybridized carbons (Fsp3) is 0.125. The molecule has 0 aliphatic heterocycles. The van der Waals surface area contributed by atoms with Crippen LogP contribution < -0.4 is 10.1 Å². The maximum Gasteiger partial charge on any atom is 0.326 e. The zero-order valence-corrected chi connectivity index (χ0v) is 16.4. The lowest BCUT2D eigenvalue weighted by Crippen LogP contribution is -2.32. The molecule has 1 N–H and O–H groups in total. The molecular formula is C24H21NO5. The fourth-order valence-electron chi connectivity index (χ4n) is 2.91. The van der Waals surface area contributed by atoms with E-state index in [4.69, 9.17) is 9.47 Å². The molecule has 1 unspecified atom stereocenters. The van der Waals surface area contributed by atoms with E-state index in [0.29, 0.717) is 22.4 Å². The van der Waals surface area contributed by atoms with Gasteiger partial charge >= 0.3 is 5.97 Å². The predicted molar refractivity (Wildman–Crippen MR) is 111 cm³/mol. The number of nitrogens with one attached hydrogen (secondary N) is 1. The molecule has 0 aliphatic carbocycles. The van der Waals surface area contributed by atoms with E-state index >= 15 is 0 Å². The van der Waals surface area contributed by atoms with E-state index in [1.54, 1.807) is 78.9 Å². The van der Waals surface area contributed by atoms with Crippen LogP contribution in [0.4, 0.5) is 0 Å². The summed E-state index contributed by atoms with van der Waals surface area (Å²) < 4.78 is 10.6. The second kappa shape index (κ2) is 10.0. The average Bonchev–Trinajstić information content (AvgIpc) is 2.81. The highest BCUT2D eigenvalue weighted by Gasteiger charge is 2.26. The molecule has 3 aromatic carbocycles. The van der Waals surface area contributed by atoms with Gasteiger partial charge in [-0.2, -0.15) is 0 Å². The zero-order chi connectivity index (χ0) is 21.3. The molecule has 3 rings (SSSR count). The number of para-hydroxylation sites is 1. The lowest BCUT2D eigenvalue weighted by molar-refractivity contribution is -0.146. The van der Waals surface area contributed by atoms with Crippen molar-refractivity contribution in [1.29, 1.82) is 0 Å². The van der Waals surface area contributed by atoms with E-state index in [1.807, 2.05) is 6.07 Å². The standard InChI is InChI=1S/C24H21NO5/c1-29-20-15-9-8-14-19(20)24(28)25-16-21(26)30-23(18-12-6-3-7-13-18)22(27)17-10-4-2-5-11-17/h2-15,23H,16H2,1H3,(H,25,28). The van der Waals surface area contributed by atoms with Crippen molar-refractivity contribution in [2.75, 3.05) is 13.7 Å². The summed E-state index contributed by atoms with van der Waals surface area (Å²) in [6, 6.07) is 24.0. The van der Waals surface area contributed by atoms with E-state index in [9.17, 15) is 14.4 Å². The van der Waals surface area contributed by atoms with Crippen molar-refractivity contribution < 1.29 is 23.9 Å². The van der Waals surface area contributed by atoms with Crippen LogP contribution in [-0.4, -0.2) is 31.3 Å². The van der Waals surface area contributed by atoms with Crippen LogP contribution in [0.5, 0.6) is 5.75 Å². The number of ether oxygens (including phenoxy) is 2. The zero-order valence-electron chi connectivity index (χ0n) is 16.4. The van der Waals surface area contributed by atoms with Crippen LogP contribution in [0, 0.1) is 0 Å². The number of hydrogen-bond donors (Lipinski definition) is 1. The summed E-state index contributed by atoms with van der Waals surface area (Å²) in [6.45, 7) is -0.387. The van der Waals surface area contributed by atoms with E-state index in [2.05, 4.69) is 5.32 Å². The molecule has 0 fully saturated rings. The van der Waals surface area contributed by atoms with Gasteiger partial charge in [-0.3, -0.25) is 14.4 Å². The first-order valence-corrected chi connectivity index (χ1v) is 9.35. The third kappa shape index (κ3) is 5.11. The quantitative estimate of drug-likeness (QED) is 0.459. The van der Waals surface area contributed by atoms with Crippen LogP contribution in [-0.2, 0) is 9.53 Å². The minimum Gasteiger partial charge on any atom is -0.496 e. The molecule has 0 heterocycles. The van der Waals surface area contributed by atoms with Gasteiger partial charge in [-0.1, -0.05) is 72.8 Å². The SMILES string of the molecule is COc1ccccc1C(=O)NCC(=O)OC(C(=O)c1ccccc1)c1ccccc1. The summed E-state index contributed by atoms with van der Waals surface area (Å²) in [6.07, 6.45) is -1.11. The minimum absolute atomic E-state index is 0.299. The summed E-state index contributed by atoms with van der Waals surface area (Å²) in [4.78, 5) is 37.7. The highest BCUT2D eigenvalue weighted by molar-refractivity contribution is 6.01. The van der Waals surface area contributed by atoms with Crippen molar-refractivity contribution in [2.45, 2.75) is 6.10 Å². The molecule has 0 saturated carbocycles. The van der Waals surface area contributed by atoms with Gasteiger partial charge in [0.1, 0.15) is 12.3 Å². The summed E-state index contributed by atoms with van der Waals surface area (Å²) in [7, 11) is 1.46. The number of benzene rings is 3. The van der Waals surface area contributed by atoms with Crippen LogP contribution in [0.3, 0.4) is 0 Å². The van der Waals surface area contributed by atoms with Gasteiger partial charge in [0.2, 0.25) is 5.78 Å². The maximum atomic E-state index is 12.9. The molecule has 3 aromatic rings. The van der Waals surface area contributed by atoms with Crippen molar-refractivity contribution in [3.63, 3.8) is 0 Å². The topological polar surface area (TPSA) is 81.7 Å². The summed E-state index contributed by atoms with van der Waals surface area (Å²) in [5.41, 5.74) is 1.28. The largest absolute Gasteiger partial charge is 0.496 e. The fourth-order valence-corrected chi connectivity index (χ4v) is 2.91. The normalized spacial score (nSPS) is 11.2. The Balaban J connectivity index is 1.71. The molecule has 30 heavy (non-hydrogen) atoms. The van der Waals surface area contributed by atoms with Crippen LogP contribution in [0.2, 0.25) is 0 Å². The molecule has 0 spiro atoms. The summed E-state index contributed by atoms with van der Waals surface area (Å²) >= 11 is 0. The molecule has 6 nitrogen and oxygen atoms in total. The number of carbonyl (C=O) groups is 3. The van der Waals surface area contributed by atoms with Crippen molar-refractivity contribution in [3.05, 3.63) is 102 Å². The number of methoxy groups -OCH3 is 1. The Morgan fingerprint density at radius 1 is 0.833 bits per heavy atom. The first-order chi connectivity index (χ1) is 14.6. The van der Waals surface area contributed by atoms with Gasteiger partial charge in [0.05, 0.1) is 12.7 Å². The van der Waals surface area contributed by atoms with Gasteiger partial charge in [0, 0.05) is 11.1 Å². The molecule has 6 heteroatoms. The van der Waals surface area contributed by atoms with Gasteiger partial charge < -0.3 is 14.8 Å². The maximum absolute atomic E-state index is 12.9. The van der Waals surface area contributed by atoms with Gasteiger partial charge in [-0.25, -0.2) is 0 Å². The van der Waals surface area contributed by atoms with Crippen LogP contribution in [0.1, 0.15) is 32.4 Å². The summed E-state index contributed by atoms with van der Waals surface area (Å²) in [5, 5.41) is 2.50. The Kier molecular flexibility index (Phi) is 6.95. The Labute approximate surface area is 174 Å². The number of carbonyl (C=O) groups excluding carboxylic acids is 3. The van der Waals surface area contributed by atoms with Gasteiger partial charge in [-0.15, -0.1) is 0 Å². The number of amides is 1. The monoisotopic (exact) mass is 403 g/mol. The first-order valence-electron chi connectivity index (χ1n) is 9.35. The Morgan fingerprint density at radius 2 is 1.43 bits per heavy atom. The molecule has 0 radical (unpaired) electrons. The summed E-state index contributed by atoms with van der Waals surface area (Å²) in [5.74, 6) is -1.15. The molecule has 0 aliphatic rings. The lowest BCUT2D eigenvalue weighted by atomic mass is 10.00. The number of hydrogen-bond acceptors (Lipinski definition) is 5. The van der Waals surface area contributed by atoms with Crippen LogP contribution in [0.25, 0.3) is 0 Å². The smallest absolute Gasteiger partial charge is 0.326 e. The Morgan fingerprint density at radius 3 is 2.10 bits per heavy atom.